The zero-order valence-corrected chi connectivity index (χ0v) is 14.8. The first-order valence-corrected chi connectivity index (χ1v) is 8.42. The van der Waals surface area contributed by atoms with E-state index >= 15 is 0 Å². The van der Waals surface area contributed by atoms with Crippen molar-refractivity contribution in [2.75, 3.05) is 5.32 Å². The number of nitrogens with zero attached hydrogens (tertiary/aromatic N) is 1. The van der Waals surface area contributed by atoms with Crippen molar-refractivity contribution in [3.63, 3.8) is 0 Å². The van der Waals surface area contributed by atoms with Crippen LogP contribution in [0.25, 0.3) is 0 Å². The van der Waals surface area contributed by atoms with Gasteiger partial charge in [0.05, 0.1) is 6.04 Å². The number of rotatable bonds is 4. The van der Waals surface area contributed by atoms with Crippen LogP contribution in [0.4, 0.5) is 10.5 Å². The maximum atomic E-state index is 12.1. The summed E-state index contributed by atoms with van der Waals surface area (Å²) in [5.41, 5.74) is 1.80. The van der Waals surface area contributed by atoms with E-state index in [1.165, 1.54) is 4.90 Å². The van der Waals surface area contributed by atoms with Gasteiger partial charge < -0.3 is 10.6 Å². The zero-order valence-electron chi connectivity index (χ0n) is 14.0. The van der Waals surface area contributed by atoms with E-state index in [0.717, 1.165) is 11.3 Å². The molecule has 1 aromatic heterocycles. The third-order valence-corrected chi connectivity index (χ3v) is 4.21. The third-order valence-electron chi connectivity index (χ3n) is 3.09. The molecule has 1 heterocycles. The van der Waals surface area contributed by atoms with Gasteiger partial charge in [-0.15, -0.1) is 11.8 Å². The number of hydrogen-bond donors (Lipinski definition) is 2. The van der Waals surface area contributed by atoms with Gasteiger partial charge in [0.15, 0.2) is 0 Å². The molecule has 0 fully saturated rings. The molecule has 0 radical (unpaired) electrons. The highest BCUT2D eigenvalue weighted by Gasteiger charge is 2.12. The van der Waals surface area contributed by atoms with Gasteiger partial charge in [-0.1, -0.05) is 20.8 Å². The number of benzene rings is 1. The number of thioether (sulfide) groups is 1. The predicted molar refractivity (Wildman–Crippen MR) is 96.9 cm³/mol. The molecule has 2 amide bonds. The van der Waals surface area contributed by atoms with Crippen molar-refractivity contribution in [1.29, 1.82) is 0 Å². The van der Waals surface area contributed by atoms with Crippen LogP contribution < -0.4 is 10.6 Å². The Morgan fingerprint density at radius 2 is 1.70 bits per heavy atom. The largest absolute Gasteiger partial charge is 0.331 e. The number of urea groups is 1. The molecule has 0 aliphatic carbocycles. The van der Waals surface area contributed by atoms with E-state index in [1.807, 2.05) is 43.3 Å². The number of nitrogens with one attached hydrogen (secondary N) is 2. The second kappa shape index (κ2) is 7.51. The molecule has 0 aliphatic heterocycles. The topological polar surface area (TPSA) is 54.0 Å². The van der Waals surface area contributed by atoms with Gasteiger partial charge in [0.1, 0.15) is 0 Å². The zero-order chi connectivity index (χ0) is 16.9. The molecule has 5 heteroatoms. The van der Waals surface area contributed by atoms with Crippen molar-refractivity contribution < 1.29 is 4.79 Å². The summed E-state index contributed by atoms with van der Waals surface area (Å²) >= 11 is 1.80. The number of carbonyl (C=O) groups is 1. The summed E-state index contributed by atoms with van der Waals surface area (Å²) < 4.78 is 0.173. The molecule has 1 aromatic carbocycles. The van der Waals surface area contributed by atoms with Crippen LogP contribution in [-0.4, -0.2) is 15.8 Å². The van der Waals surface area contributed by atoms with E-state index < -0.39 is 0 Å². The first kappa shape index (κ1) is 17.3. The van der Waals surface area contributed by atoms with Crippen LogP contribution in [0, 0.1) is 0 Å². The minimum absolute atomic E-state index is 0.0753. The molecule has 0 bridgehead atoms. The summed E-state index contributed by atoms with van der Waals surface area (Å²) in [5, 5.41) is 5.77. The average Bonchev–Trinajstić information content (AvgIpc) is 2.48. The molecule has 4 nitrogen and oxygen atoms in total. The van der Waals surface area contributed by atoms with E-state index in [9.17, 15) is 4.79 Å². The van der Waals surface area contributed by atoms with Crippen LogP contribution in [-0.2, 0) is 0 Å². The molecule has 1 unspecified atom stereocenters. The lowest BCUT2D eigenvalue weighted by atomic mass is 10.1. The minimum Gasteiger partial charge on any atom is -0.331 e. The second-order valence-corrected chi connectivity index (χ2v) is 8.24. The Bertz CT molecular complexity index is 636. The van der Waals surface area contributed by atoms with Gasteiger partial charge in [0.2, 0.25) is 0 Å². The predicted octanol–water partition coefficient (Wildman–Crippen LogP) is 4.85. The lowest BCUT2D eigenvalue weighted by molar-refractivity contribution is 0.249. The normalized spacial score (nSPS) is 12.5. The monoisotopic (exact) mass is 329 g/mol. The van der Waals surface area contributed by atoms with E-state index in [2.05, 4.69) is 36.4 Å². The highest BCUT2D eigenvalue weighted by atomic mass is 32.2. The Morgan fingerprint density at radius 1 is 1.09 bits per heavy atom. The fourth-order valence-electron chi connectivity index (χ4n) is 2.06. The number of amides is 2. The Labute approximate surface area is 142 Å². The Balaban J connectivity index is 1.90. The molecule has 2 aromatic rings. The van der Waals surface area contributed by atoms with Gasteiger partial charge in [0.25, 0.3) is 0 Å². The number of pyridine rings is 1. The van der Waals surface area contributed by atoms with Gasteiger partial charge in [-0.05, 0) is 48.9 Å². The van der Waals surface area contributed by atoms with E-state index in [0.29, 0.717) is 0 Å². The van der Waals surface area contributed by atoms with Gasteiger partial charge in [0, 0.05) is 27.7 Å². The summed E-state index contributed by atoms with van der Waals surface area (Å²) in [6.45, 7) is 8.48. The summed E-state index contributed by atoms with van der Waals surface area (Å²) in [6, 6.07) is 11.4. The lowest BCUT2D eigenvalue weighted by Crippen LogP contribution is -2.31. The van der Waals surface area contributed by atoms with Crippen LogP contribution in [0.1, 0.15) is 39.3 Å². The lowest BCUT2D eigenvalue weighted by Gasteiger charge is -2.18. The van der Waals surface area contributed by atoms with Crippen LogP contribution in [0.2, 0.25) is 0 Å². The van der Waals surface area contributed by atoms with Gasteiger partial charge in [-0.3, -0.25) is 4.98 Å². The van der Waals surface area contributed by atoms with Crippen LogP contribution in [0.3, 0.4) is 0 Å². The minimum atomic E-state index is -0.217. The Morgan fingerprint density at radius 3 is 2.26 bits per heavy atom. The molecule has 0 spiro atoms. The quantitative estimate of drug-likeness (QED) is 0.788. The maximum absolute atomic E-state index is 12.1. The first-order valence-electron chi connectivity index (χ1n) is 7.60. The van der Waals surface area contributed by atoms with Crippen molar-refractivity contribution in [2.45, 2.75) is 43.4 Å². The molecule has 1 atom stereocenters. The van der Waals surface area contributed by atoms with Gasteiger partial charge in [-0.25, -0.2) is 4.79 Å². The highest BCUT2D eigenvalue weighted by Crippen LogP contribution is 2.32. The molecule has 2 rings (SSSR count). The number of aromatic nitrogens is 1. The smallest absolute Gasteiger partial charge is 0.319 e. The van der Waals surface area contributed by atoms with Gasteiger partial charge in [-0.2, -0.15) is 0 Å². The molecule has 122 valence electrons. The molecule has 0 saturated carbocycles. The summed E-state index contributed by atoms with van der Waals surface area (Å²) in [4.78, 5) is 17.2. The fourth-order valence-corrected chi connectivity index (χ4v) is 3.04. The first-order chi connectivity index (χ1) is 10.8. The fraction of sp³-hybridized carbons (Fsp3) is 0.333. The Hall–Kier alpha value is -2.01. The van der Waals surface area contributed by atoms with E-state index in [1.54, 1.807) is 24.2 Å². The summed E-state index contributed by atoms with van der Waals surface area (Å²) in [6.07, 6.45) is 3.44. The van der Waals surface area contributed by atoms with E-state index in [-0.39, 0.29) is 16.8 Å². The van der Waals surface area contributed by atoms with Crippen molar-refractivity contribution in [3.8, 4) is 0 Å². The van der Waals surface area contributed by atoms with E-state index in [4.69, 9.17) is 0 Å². The number of anilines is 1. The maximum Gasteiger partial charge on any atom is 0.319 e. The average molecular weight is 329 g/mol. The highest BCUT2D eigenvalue weighted by molar-refractivity contribution is 8.00. The van der Waals surface area contributed by atoms with Crippen molar-refractivity contribution in [1.82, 2.24) is 10.3 Å². The third kappa shape index (κ3) is 5.94. The number of carbonyl (C=O) groups excluding carboxylic acids is 1. The van der Waals surface area contributed by atoms with Crippen LogP contribution in [0.5, 0.6) is 0 Å². The van der Waals surface area contributed by atoms with Crippen molar-refractivity contribution >= 4 is 23.5 Å². The Kier molecular flexibility index (Phi) is 5.66. The molecular weight excluding hydrogens is 306 g/mol. The molecule has 0 saturated heterocycles. The standard InChI is InChI=1S/C18H23N3OS/c1-13(14-9-11-19-12-10-14)20-17(22)21-15-5-7-16(8-6-15)23-18(2,3)4/h5-13H,1-4H3,(H2,20,21,22). The summed E-state index contributed by atoms with van der Waals surface area (Å²) in [5.74, 6) is 0. The SMILES string of the molecule is CC(NC(=O)Nc1ccc(SC(C)(C)C)cc1)c1ccncc1. The van der Waals surface area contributed by atoms with Crippen molar-refractivity contribution in [2.24, 2.45) is 0 Å². The van der Waals surface area contributed by atoms with Crippen LogP contribution in [0.15, 0.2) is 53.7 Å². The van der Waals surface area contributed by atoms with Crippen LogP contribution >= 0.6 is 11.8 Å². The second-order valence-electron chi connectivity index (χ2n) is 6.34. The summed E-state index contributed by atoms with van der Waals surface area (Å²) in [7, 11) is 0. The molecule has 0 aliphatic rings. The molecular formula is C18H23N3OS. The molecule has 23 heavy (non-hydrogen) atoms. The van der Waals surface area contributed by atoms with Gasteiger partial charge >= 0.3 is 6.03 Å². The molecule has 2 N–H and O–H groups in total. The van der Waals surface area contributed by atoms with Crippen molar-refractivity contribution in [3.05, 3.63) is 54.4 Å². The number of hydrogen-bond acceptors (Lipinski definition) is 3.